The summed E-state index contributed by atoms with van der Waals surface area (Å²) in [6.07, 6.45) is 3.55. The van der Waals surface area contributed by atoms with E-state index in [4.69, 9.17) is 0 Å². The number of unbranched alkanes of at least 4 members (excludes halogenated alkanes) is 2. The van der Waals surface area contributed by atoms with Crippen molar-refractivity contribution >= 4 is 11.6 Å². The quantitative estimate of drug-likeness (QED) is 0.704. The van der Waals surface area contributed by atoms with Crippen LogP contribution in [0.5, 0.6) is 0 Å². The number of nitrogens with one attached hydrogen (secondary N) is 2. The molecule has 1 amide bonds. The summed E-state index contributed by atoms with van der Waals surface area (Å²) in [5.41, 5.74) is 2.15. The van der Waals surface area contributed by atoms with Gasteiger partial charge in [-0.15, -0.1) is 0 Å². The van der Waals surface area contributed by atoms with Crippen LogP contribution in [0.3, 0.4) is 0 Å². The minimum Gasteiger partial charge on any atom is -0.325 e. The van der Waals surface area contributed by atoms with Crippen molar-refractivity contribution in [2.24, 2.45) is 0 Å². The number of amides is 1. The molecule has 0 aliphatic carbocycles. The highest BCUT2D eigenvalue weighted by Crippen LogP contribution is 2.16. The van der Waals surface area contributed by atoms with Crippen LogP contribution < -0.4 is 10.6 Å². The molecule has 0 heterocycles. The minimum absolute atomic E-state index is 0.0220. The van der Waals surface area contributed by atoms with Crippen molar-refractivity contribution in [3.05, 3.63) is 29.8 Å². The van der Waals surface area contributed by atoms with Crippen LogP contribution in [-0.2, 0) is 4.79 Å². The molecule has 0 radical (unpaired) electrons. The summed E-state index contributed by atoms with van der Waals surface area (Å²) in [6, 6.07) is 8.05. The van der Waals surface area contributed by atoms with Gasteiger partial charge in [0.15, 0.2) is 0 Å². The van der Waals surface area contributed by atoms with Gasteiger partial charge < -0.3 is 10.6 Å². The Kier molecular flexibility index (Phi) is 7.19. The van der Waals surface area contributed by atoms with Crippen LogP contribution in [0.4, 0.5) is 5.69 Å². The second-order valence-electron chi connectivity index (χ2n) is 5.21. The Hall–Kier alpha value is -1.35. The topological polar surface area (TPSA) is 41.1 Å². The first-order valence-electron chi connectivity index (χ1n) is 7.24. The van der Waals surface area contributed by atoms with Crippen molar-refractivity contribution in [1.29, 1.82) is 0 Å². The summed E-state index contributed by atoms with van der Waals surface area (Å²) in [5, 5.41) is 6.06. The van der Waals surface area contributed by atoms with Crippen LogP contribution in [0.2, 0.25) is 0 Å². The van der Waals surface area contributed by atoms with Gasteiger partial charge in [-0.2, -0.15) is 0 Å². The van der Waals surface area contributed by atoms with Crippen molar-refractivity contribution in [3.63, 3.8) is 0 Å². The molecule has 0 atom stereocenters. The van der Waals surface area contributed by atoms with E-state index < -0.39 is 0 Å². The minimum atomic E-state index is 0.0220. The summed E-state index contributed by atoms with van der Waals surface area (Å²) in [5.74, 6) is 0.541. The summed E-state index contributed by atoms with van der Waals surface area (Å²) in [4.78, 5) is 11.7. The molecule has 0 aliphatic heterocycles. The molecule has 106 valence electrons. The monoisotopic (exact) mass is 262 g/mol. The zero-order valence-electron chi connectivity index (χ0n) is 12.3. The Bertz CT molecular complexity index is 371. The van der Waals surface area contributed by atoms with E-state index in [1.165, 1.54) is 18.4 Å². The standard InChI is InChI=1S/C16H26N2O/c1-4-5-6-11-17-12-16(19)18-15-9-7-14(8-10-15)13(2)3/h7-10,13,17H,4-6,11-12H2,1-3H3,(H,18,19). The average Bonchev–Trinajstić information content (AvgIpc) is 2.39. The summed E-state index contributed by atoms with van der Waals surface area (Å²) < 4.78 is 0. The first-order valence-corrected chi connectivity index (χ1v) is 7.24. The van der Waals surface area contributed by atoms with E-state index in [9.17, 15) is 4.79 Å². The van der Waals surface area contributed by atoms with Crippen molar-refractivity contribution in [3.8, 4) is 0 Å². The van der Waals surface area contributed by atoms with E-state index in [0.717, 1.165) is 18.7 Å². The SMILES string of the molecule is CCCCCNCC(=O)Nc1ccc(C(C)C)cc1. The van der Waals surface area contributed by atoms with E-state index in [0.29, 0.717) is 12.5 Å². The highest BCUT2D eigenvalue weighted by molar-refractivity contribution is 5.92. The second-order valence-corrected chi connectivity index (χ2v) is 5.21. The first-order chi connectivity index (χ1) is 9.13. The van der Waals surface area contributed by atoms with Crippen LogP contribution in [0.15, 0.2) is 24.3 Å². The maximum atomic E-state index is 11.7. The molecule has 1 rings (SSSR count). The predicted molar refractivity (Wildman–Crippen MR) is 81.6 cm³/mol. The number of hydrogen-bond acceptors (Lipinski definition) is 2. The van der Waals surface area contributed by atoms with Crippen LogP contribution in [0.25, 0.3) is 0 Å². The molecule has 2 N–H and O–H groups in total. The van der Waals surface area contributed by atoms with Crippen LogP contribution in [0, 0.1) is 0 Å². The fourth-order valence-corrected chi connectivity index (χ4v) is 1.86. The molecule has 1 aromatic rings. The Morgan fingerprint density at radius 1 is 1.16 bits per heavy atom. The van der Waals surface area contributed by atoms with Gasteiger partial charge in [-0.05, 0) is 36.6 Å². The van der Waals surface area contributed by atoms with Gasteiger partial charge in [0.05, 0.1) is 6.54 Å². The normalized spacial score (nSPS) is 10.7. The number of benzene rings is 1. The van der Waals surface area contributed by atoms with Gasteiger partial charge in [0.25, 0.3) is 0 Å². The lowest BCUT2D eigenvalue weighted by Gasteiger charge is -2.09. The van der Waals surface area contributed by atoms with Gasteiger partial charge in [-0.1, -0.05) is 45.7 Å². The third-order valence-electron chi connectivity index (χ3n) is 3.10. The highest BCUT2D eigenvalue weighted by Gasteiger charge is 2.03. The molecule has 0 saturated carbocycles. The molecule has 3 nitrogen and oxygen atoms in total. The second kappa shape index (κ2) is 8.70. The zero-order chi connectivity index (χ0) is 14.1. The lowest BCUT2D eigenvalue weighted by Crippen LogP contribution is -2.28. The van der Waals surface area contributed by atoms with Crippen LogP contribution >= 0.6 is 0 Å². The van der Waals surface area contributed by atoms with Gasteiger partial charge in [-0.3, -0.25) is 4.79 Å². The Morgan fingerprint density at radius 3 is 2.42 bits per heavy atom. The fraction of sp³-hybridized carbons (Fsp3) is 0.562. The molecule has 1 aromatic carbocycles. The predicted octanol–water partition coefficient (Wildman–Crippen LogP) is 3.53. The molecule has 0 bridgehead atoms. The summed E-state index contributed by atoms with van der Waals surface area (Å²) in [6.45, 7) is 7.79. The van der Waals surface area contributed by atoms with Gasteiger partial charge in [0.1, 0.15) is 0 Å². The molecule has 0 aliphatic rings. The van der Waals surface area contributed by atoms with Gasteiger partial charge >= 0.3 is 0 Å². The van der Waals surface area contributed by atoms with E-state index in [1.807, 2.05) is 12.1 Å². The van der Waals surface area contributed by atoms with Crippen LogP contribution in [0.1, 0.15) is 51.5 Å². The van der Waals surface area contributed by atoms with Crippen molar-refractivity contribution in [1.82, 2.24) is 5.32 Å². The largest absolute Gasteiger partial charge is 0.325 e. The third-order valence-corrected chi connectivity index (χ3v) is 3.10. The molecule has 0 fully saturated rings. The van der Waals surface area contributed by atoms with Crippen molar-refractivity contribution < 1.29 is 4.79 Å². The lowest BCUT2D eigenvalue weighted by atomic mass is 10.0. The molecule has 19 heavy (non-hydrogen) atoms. The Morgan fingerprint density at radius 2 is 1.84 bits per heavy atom. The zero-order valence-corrected chi connectivity index (χ0v) is 12.3. The number of carbonyl (C=O) groups excluding carboxylic acids is 1. The number of hydrogen-bond donors (Lipinski definition) is 2. The molecule has 3 heteroatoms. The maximum absolute atomic E-state index is 11.7. The first kappa shape index (κ1) is 15.7. The molecule has 0 spiro atoms. The number of rotatable bonds is 8. The van der Waals surface area contributed by atoms with Gasteiger partial charge in [-0.25, -0.2) is 0 Å². The van der Waals surface area contributed by atoms with E-state index in [1.54, 1.807) is 0 Å². The van der Waals surface area contributed by atoms with E-state index >= 15 is 0 Å². The van der Waals surface area contributed by atoms with Crippen LogP contribution in [-0.4, -0.2) is 19.0 Å². The Labute approximate surface area is 116 Å². The molecule has 0 unspecified atom stereocenters. The summed E-state index contributed by atoms with van der Waals surface area (Å²) in [7, 11) is 0. The molecular weight excluding hydrogens is 236 g/mol. The van der Waals surface area contributed by atoms with Crippen molar-refractivity contribution in [2.75, 3.05) is 18.4 Å². The Balaban J connectivity index is 2.28. The van der Waals surface area contributed by atoms with E-state index in [2.05, 4.69) is 43.5 Å². The average molecular weight is 262 g/mol. The smallest absolute Gasteiger partial charge is 0.238 e. The van der Waals surface area contributed by atoms with Crippen molar-refractivity contribution in [2.45, 2.75) is 46.0 Å². The van der Waals surface area contributed by atoms with Gasteiger partial charge in [0, 0.05) is 5.69 Å². The maximum Gasteiger partial charge on any atom is 0.238 e. The lowest BCUT2D eigenvalue weighted by molar-refractivity contribution is -0.115. The number of anilines is 1. The highest BCUT2D eigenvalue weighted by atomic mass is 16.1. The molecule has 0 saturated heterocycles. The van der Waals surface area contributed by atoms with E-state index in [-0.39, 0.29) is 5.91 Å². The molecular formula is C16H26N2O. The molecule has 0 aromatic heterocycles. The van der Waals surface area contributed by atoms with Gasteiger partial charge in [0.2, 0.25) is 5.91 Å². The third kappa shape index (κ3) is 6.39. The fourth-order valence-electron chi connectivity index (χ4n) is 1.86. The number of carbonyl (C=O) groups is 1. The summed E-state index contributed by atoms with van der Waals surface area (Å²) >= 11 is 0.